The van der Waals surface area contributed by atoms with E-state index < -0.39 is 0 Å². The topological polar surface area (TPSA) is 47.3 Å². The summed E-state index contributed by atoms with van der Waals surface area (Å²) < 4.78 is 0. The van der Waals surface area contributed by atoms with Crippen molar-refractivity contribution in [2.45, 2.75) is 25.7 Å². The van der Waals surface area contributed by atoms with Crippen LogP contribution in [0.25, 0.3) is 0 Å². The van der Waals surface area contributed by atoms with Gasteiger partial charge in [-0.25, -0.2) is 0 Å². The maximum atomic E-state index is 9.63. The van der Waals surface area contributed by atoms with Crippen molar-refractivity contribution in [2.24, 2.45) is 5.92 Å². The molecule has 1 aliphatic heterocycles. The third kappa shape index (κ3) is 2.34. The molecule has 0 amide bonds. The van der Waals surface area contributed by atoms with Crippen LogP contribution in [0.1, 0.15) is 25.8 Å². The number of rotatable bonds is 2. The van der Waals surface area contributed by atoms with Crippen molar-refractivity contribution in [3.05, 3.63) is 29.8 Å². The number of phenolic OH excluding ortho intramolecular Hbond substituents is 1. The summed E-state index contributed by atoms with van der Waals surface area (Å²) in [7, 11) is 0. The summed E-state index contributed by atoms with van der Waals surface area (Å²) in [6.07, 6.45) is 1.03. The summed E-state index contributed by atoms with van der Waals surface area (Å²) in [4.78, 5) is 2.20. The van der Waals surface area contributed by atoms with Crippen LogP contribution in [0.5, 0.6) is 5.75 Å². The average Bonchev–Trinajstić information content (AvgIpc) is 2.34. The minimum absolute atomic E-state index is 0.0880. The van der Waals surface area contributed by atoms with Crippen LogP contribution >= 0.6 is 0 Å². The summed E-state index contributed by atoms with van der Waals surface area (Å²) in [5.74, 6) is 0.807. The molecule has 0 spiro atoms. The Labute approximate surface area is 109 Å². The van der Waals surface area contributed by atoms with E-state index in [0.29, 0.717) is 18.2 Å². The first-order chi connectivity index (χ1) is 8.56. The van der Waals surface area contributed by atoms with Crippen molar-refractivity contribution in [3.63, 3.8) is 0 Å². The van der Waals surface area contributed by atoms with Gasteiger partial charge in [-0.05, 0) is 42.0 Å². The van der Waals surface area contributed by atoms with Crippen LogP contribution < -0.4 is 0 Å². The zero-order valence-electron chi connectivity index (χ0n) is 11.1. The lowest BCUT2D eigenvalue weighted by Crippen LogP contribution is -2.47. The van der Waals surface area contributed by atoms with Gasteiger partial charge < -0.3 is 5.11 Å². The van der Waals surface area contributed by atoms with E-state index in [0.717, 1.165) is 19.5 Å². The molecule has 1 aromatic carbocycles. The highest BCUT2D eigenvalue weighted by Gasteiger charge is 2.37. The second-order valence-corrected chi connectivity index (χ2v) is 5.51. The zero-order valence-corrected chi connectivity index (χ0v) is 11.1. The molecule has 0 bridgehead atoms. The first kappa shape index (κ1) is 12.9. The van der Waals surface area contributed by atoms with Crippen molar-refractivity contribution in [2.75, 3.05) is 19.6 Å². The van der Waals surface area contributed by atoms with Crippen molar-refractivity contribution < 1.29 is 5.11 Å². The maximum absolute atomic E-state index is 9.63. The number of aromatic hydroxyl groups is 1. The number of phenols is 1. The third-order valence-corrected chi connectivity index (χ3v) is 4.37. The molecule has 2 rings (SSSR count). The fourth-order valence-corrected chi connectivity index (χ4v) is 2.85. The fraction of sp³-hybridized carbons (Fsp3) is 0.533. The molecule has 1 N–H and O–H groups in total. The first-order valence-electron chi connectivity index (χ1n) is 6.45. The third-order valence-electron chi connectivity index (χ3n) is 4.37. The van der Waals surface area contributed by atoms with Gasteiger partial charge in [-0.1, -0.05) is 26.0 Å². The summed E-state index contributed by atoms with van der Waals surface area (Å²) >= 11 is 0. The first-order valence-corrected chi connectivity index (χ1v) is 6.45. The lowest BCUT2D eigenvalue weighted by molar-refractivity contribution is 0.122. The number of hydrogen-bond donors (Lipinski definition) is 1. The van der Waals surface area contributed by atoms with E-state index in [1.807, 2.05) is 12.1 Å². The van der Waals surface area contributed by atoms with Gasteiger partial charge in [0.1, 0.15) is 5.75 Å². The van der Waals surface area contributed by atoms with E-state index in [2.05, 4.69) is 30.9 Å². The van der Waals surface area contributed by atoms with Crippen LogP contribution in [-0.2, 0) is 5.41 Å². The Kier molecular flexibility index (Phi) is 3.58. The number of hydrogen-bond acceptors (Lipinski definition) is 3. The predicted molar refractivity (Wildman–Crippen MR) is 71.3 cm³/mol. The molecule has 0 aliphatic carbocycles. The molecular weight excluding hydrogens is 224 g/mol. The fourth-order valence-electron chi connectivity index (χ4n) is 2.85. The molecule has 0 radical (unpaired) electrons. The standard InChI is InChI=1S/C15H20N2O/c1-12-11-17(9-7-16)8-6-15(12,2)13-4-3-5-14(18)10-13/h3-5,10,12,18H,6,8-9,11H2,1-2H3. The average molecular weight is 244 g/mol. The molecule has 1 fully saturated rings. The van der Waals surface area contributed by atoms with E-state index in [1.54, 1.807) is 6.07 Å². The monoisotopic (exact) mass is 244 g/mol. The molecule has 3 heteroatoms. The van der Waals surface area contributed by atoms with Crippen molar-refractivity contribution in [1.29, 1.82) is 5.26 Å². The van der Waals surface area contributed by atoms with Gasteiger partial charge in [-0.15, -0.1) is 0 Å². The molecular formula is C15H20N2O. The smallest absolute Gasteiger partial charge is 0.115 e. The zero-order chi connectivity index (χ0) is 13.2. The Bertz CT molecular complexity index is 466. The lowest BCUT2D eigenvalue weighted by atomic mass is 9.68. The number of nitriles is 1. The van der Waals surface area contributed by atoms with E-state index >= 15 is 0 Å². The van der Waals surface area contributed by atoms with E-state index in [9.17, 15) is 5.11 Å². The molecule has 2 unspecified atom stereocenters. The molecule has 0 aromatic heterocycles. The normalized spacial score (nSPS) is 28.8. The highest BCUT2D eigenvalue weighted by atomic mass is 16.3. The number of nitrogens with zero attached hydrogens (tertiary/aromatic N) is 2. The Morgan fingerprint density at radius 1 is 1.56 bits per heavy atom. The molecule has 1 heterocycles. The van der Waals surface area contributed by atoms with Crippen LogP contribution in [0.4, 0.5) is 0 Å². The quantitative estimate of drug-likeness (QED) is 0.813. The SMILES string of the molecule is CC1CN(CC#N)CCC1(C)c1cccc(O)c1. The van der Waals surface area contributed by atoms with E-state index in [4.69, 9.17) is 5.26 Å². The van der Waals surface area contributed by atoms with E-state index in [1.165, 1.54) is 5.56 Å². The molecule has 96 valence electrons. The second kappa shape index (κ2) is 4.99. The highest BCUT2D eigenvalue weighted by Crippen LogP contribution is 2.40. The highest BCUT2D eigenvalue weighted by molar-refractivity contribution is 5.33. The summed E-state index contributed by atoms with van der Waals surface area (Å²) in [5.41, 5.74) is 1.29. The van der Waals surface area contributed by atoms with Crippen molar-refractivity contribution >= 4 is 0 Å². The van der Waals surface area contributed by atoms with Crippen LogP contribution in [0, 0.1) is 17.2 Å². The van der Waals surface area contributed by atoms with Crippen LogP contribution in [0.3, 0.4) is 0 Å². The summed E-state index contributed by atoms with van der Waals surface area (Å²) in [6.45, 7) is 6.90. The summed E-state index contributed by atoms with van der Waals surface area (Å²) in [6, 6.07) is 9.80. The Morgan fingerprint density at radius 2 is 2.33 bits per heavy atom. The molecule has 1 aliphatic rings. The number of benzene rings is 1. The molecule has 18 heavy (non-hydrogen) atoms. The molecule has 2 atom stereocenters. The minimum atomic E-state index is 0.0880. The molecule has 0 saturated carbocycles. The van der Waals surface area contributed by atoms with Crippen LogP contribution in [-0.4, -0.2) is 29.6 Å². The van der Waals surface area contributed by atoms with Gasteiger partial charge in [0.15, 0.2) is 0 Å². The minimum Gasteiger partial charge on any atom is -0.508 e. The van der Waals surface area contributed by atoms with Crippen LogP contribution in [0.2, 0.25) is 0 Å². The van der Waals surface area contributed by atoms with Gasteiger partial charge in [-0.3, -0.25) is 4.90 Å². The Morgan fingerprint density at radius 3 is 2.94 bits per heavy atom. The maximum Gasteiger partial charge on any atom is 0.115 e. The lowest BCUT2D eigenvalue weighted by Gasteiger charge is -2.44. The van der Waals surface area contributed by atoms with Gasteiger partial charge in [0.2, 0.25) is 0 Å². The summed E-state index contributed by atoms with van der Waals surface area (Å²) in [5, 5.41) is 18.4. The van der Waals surface area contributed by atoms with Gasteiger partial charge in [-0.2, -0.15) is 5.26 Å². The number of likely N-dealkylation sites (tertiary alicyclic amines) is 1. The second-order valence-electron chi connectivity index (χ2n) is 5.51. The van der Waals surface area contributed by atoms with Gasteiger partial charge in [0.05, 0.1) is 12.6 Å². The molecule has 1 aromatic rings. The van der Waals surface area contributed by atoms with Crippen molar-refractivity contribution in [1.82, 2.24) is 4.90 Å². The van der Waals surface area contributed by atoms with Gasteiger partial charge >= 0.3 is 0 Å². The van der Waals surface area contributed by atoms with Crippen LogP contribution in [0.15, 0.2) is 24.3 Å². The van der Waals surface area contributed by atoms with Crippen molar-refractivity contribution in [3.8, 4) is 11.8 Å². The van der Waals surface area contributed by atoms with E-state index in [-0.39, 0.29) is 5.41 Å². The molecule has 1 saturated heterocycles. The van der Waals surface area contributed by atoms with Gasteiger partial charge in [0.25, 0.3) is 0 Å². The molecule has 3 nitrogen and oxygen atoms in total. The predicted octanol–water partition coefficient (Wildman–Crippen LogP) is 2.52. The number of piperidine rings is 1. The Hall–Kier alpha value is -1.53. The largest absolute Gasteiger partial charge is 0.508 e. The van der Waals surface area contributed by atoms with Gasteiger partial charge in [0, 0.05) is 6.54 Å². The Balaban J connectivity index is 2.20.